The van der Waals surface area contributed by atoms with E-state index in [1.807, 2.05) is 0 Å². The first-order valence-corrected chi connectivity index (χ1v) is 6.02. The Labute approximate surface area is 91.9 Å². The molecule has 1 aromatic rings. The number of aromatic amines is 1. The molecule has 2 atom stereocenters. The minimum absolute atomic E-state index is 0.174. The molecule has 0 amide bonds. The molecule has 0 radical (unpaired) electrons. The number of hydrogen-bond donors (Lipinski definition) is 2. The van der Waals surface area contributed by atoms with Crippen LogP contribution in [0.2, 0.25) is 0 Å². The van der Waals surface area contributed by atoms with E-state index in [1.165, 1.54) is 16.3 Å². The van der Waals surface area contributed by atoms with E-state index in [0.717, 1.165) is 25.7 Å². The number of aliphatic hydroxyl groups excluding tert-OH is 1. The van der Waals surface area contributed by atoms with Gasteiger partial charge in [-0.25, -0.2) is 9.89 Å². The molecule has 84 valence electrons. The third kappa shape index (κ3) is 2.26. The summed E-state index contributed by atoms with van der Waals surface area (Å²) in [5.74, 6) is 0. The van der Waals surface area contributed by atoms with E-state index in [-0.39, 0.29) is 17.0 Å². The third-order valence-electron chi connectivity index (χ3n) is 2.76. The first-order chi connectivity index (χ1) is 7.18. The van der Waals surface area contributed by atoms with Gasteiger partial charge < -0.3 is 5.11 Å². The number of rotatable bonds is 2. The lowest BCUT2D eigenvalue weighted by atomic mass is 9.97. The summed E-state index contributed by atoms with van der Waals surface area (Å²) in [5, 5.41) is 16.9. The van der Waals surface area contributed by atoms with Crippen molar-refractivity contribution in [1.82, 2.24) is 14.8 Å². The smallest absolute Gasteiger partial charge is 0.343 e. The molecule has 1 saturated carbocycles. The lowest BCUT2D eigenvalue weighted by Crippen LogP contribution is -2.27. The molecule has 1 fully saturated rings. The number of thioether (sulfide) groups is 1. The second kappa shape index (κ2) is 4.40. The topological polar surface area (TPSA) is 70.9 Å². The monoisotopic (exact) mass is 229 g/mol. The van der Waals surface area contributed by atoms with Crippen LogP contribution in [0.15, 0.2) is 9.95 Å². The van der Waals surface area contributed by atoms with Crippen LogP contribution < -0.4 is 5.69 Å². The van der Waals surface area contributed by atoms with E-state index in [1.54, 1.807) is 7.05 Å². The molecule has 0 aliphatic heterocycles. The van der Waals surface area contributed by atoms with Gasteiger partial charge in [-0.1, -0.05) is 24.6 Å². The Morgan fingerprint density at radius 3 is 2.87 bits per heavy atom. The number of hydrogen-bond acceptors (Lipinski definition) is 4. The zero-order valence-electron chi connectivity index (χ0n) is 8.64. The Morgan fingerprint density at radius 1 is 1.53 bits per heavy atom. The molecule has 1 aliphatic carbocycles. The minimum Gasteiger partial charge on any atom is -0.392 e. The van der Waals surface area contributed by atoms with Crippen molar-refractivity contribution in [3.05, 3.63) is 10.5 Å². The molecule has 0 saturated heterocycles. The van der Waals surface area contributed by atoms with Gasteiger partial charge in [0.2, 0.25) is 0 Å². The summed E-state index contributed by atoms with van der Waals surface area (Å²) in [6, 6.07) is 0. The molecule has 0 spiro atoms. The van der Waals surface area contributed by atoms with Crippen molar-refractivity contribution in [3.8, 4) is 0 Å². The van der Waals surface area contributed by atoms with Crippen molar-refractivity contribution < 1.29 is 5.11 Å². The number of aliphatic hydroxyl groups is 1. The highest BCUT2D eigenvalue weighted by molar-refractivity contribution is 7.99. The fraction of sp³-hybridized carbons (Fsp3) is 0.778. The second-order valence-electron chi connectivity index (χ2n) is 3.88. The molecule has 5 nitrogen and oxygen atoms in total. The molecule has 2 unspecified atom stereocenters. The summed E-state index contributed by atoms with van der Waals surface area (Å²) >= 11 is 1.49. The van der Waals surface area contributed by atoms with Gasteiger partial charge in [0.1, 0.15) is 0 Å². The van der Waals surface area contributed by atoms with Gasteiger partial charge in [0.25, 0.3) is 0 Å². The zero-order valence-corrected chi connectivity index (χ0v) is 9.46. The van der Waals surface area contributed by atoms with Gasteiger partial charge in [-0.2, -0.15) is 0 Å². The highest BCUT2D eigenvalue weighted by atomic mass is 32.2. The van der Waals surface area contributed by atoms with Gasteiger partial charge >= 0.3 is 5.69 Å². The van der Waals surface area contributed by atoms with Gasteiger partial charge in [-0.15, -0.1) is 5.10 Å². The highest BCUT2D eigenvalue weighted by Gasteiger charge is 2.25. The average Bonchev–Trinajstić information content (AvgIpc) is 2.53. The molecule has 2 N–H and O–H groups in total. The summed E-state index contributed by atoms with van der Waals surface area (Å²) in [5.41, 5.74) is -0.206. The fourth-order valence-corrected chi connectivity index (χ4v) is 2.98. The number of nitrogens with one attached hydrogen (secondary N) is 1. The normalized spacial score (nSPS) is 26.8. The molecule has 15 heavy (non-hydrogen) atoms. The Morgan fingerprint density at radius 2 is 2.27 bits per heavy atom. The molecular formula is C9H15N3O2S. The SMILES string of the molecule is Cn1c(SC2CCCCC2O)n[nH]c1=O. The van der Waals surface area contributed by atoms with Crippen LogP contribution in [0.1, 0.15) is 25.7 Å². The first-order valence-electron chi connectivity index (χ1n) is 5.14. The van der Waals surface area contributed by atoms with E-state index in [2.05, 4.69) is 10.2 Å². The molecule has 1 aromatic heterocycles. The molecule has 0 bridgehead atoms. The van der Waals surface area contributed by atoms with E-state index in [9.17, 15) is 9.90 Å². The van der Waals surface area contributed by atoms with Gasteiger partial charge in [0.05, 0.1) is 6.10 Å². The van der Waals surface area contributed by atoms with Crippen LogP contribution in [0.25, 0.3) is 0 Å². The number of H-pyrrole nitrogens is 1. The second-order valence-corrected chi connectivity index (χ2v) is 5.08. The van der Waals surface area contributed by atoms with Crippen LogP contribution in [0.3, 0.4) is 0 Å². The van der Waals surface area contributed by atoms with Gasteiger partial charge in [0.15, 0.2) is 5.16 Å². The fourth-order valence-electron chi connectivity index (χ4n) is 1.79. The first kappa shape index (κ1) is 10.8. The van der Waals surface area contributed by atoms with E-state index >= 15 is 0 Å². The van der Waals surface area contributed by atoms with E-state index in [0.29, 0.717) is 5.16 Å². The van der Waals surface area contributed by atoms with Crippen LogP contribution in [0.4, 0.5) is 0 Å². The summed E-state index contributed by atoms with van der Waals surface area (Å²) in [4.78, 5) is 11.1. The van der Waals surface area contributed by atoms with Crippen LogP contribution in [0, 0.1) is 0 Å². The van der Waals surface area contributed by atoms with Gasteiger partial charge in [-0.3, -0.25) is 4.57 Å². The van der Waals surface area contributed by atoms with Crippen LogP contribution >= 0.6 is 11.8 Å². The highest BCUT2D eigenvalue weighted by Crippen LogP contribution is 2.32. The average molecular weight is 229 g/mol. The molecule has 1 aliphatic rings. The van der Waals surface area contributed by atoms with Crippen molar-refractivity contribution in [2.45, 2.75) is 42.2 Å². The van der Waals surface area contributed by atoms with Crippen LogP contribution in [0.5, 0.6) is 0 Å². The Bertz CT molecular complexity index is 387. The van der Waals surface area contributed by atoms with Gasteiger partial charge in [0, 0.05) is 12.3 Å². The molecule has 6 heteroatoms. The van der Waals surface area contributed by atoms with Crippen molar-refractivity contribution in [3.63, 3.8) is 0 Å². The quantitative estimate of drug-likeness (QED) is 0.775. The van der Waals surface area contributed by atoms with Gasteiger partial charge in [-0.05, 0) is 12.8 Å². The summed E-state index contributed by atoms with van der Waals surface area (Å²) in [7, 11) is 1.68. The van der Waals surface area contributed by atoms with Crippen LogP contribution in [-0.4, -0.2) is 31.2 Å². The Hall–Kier alpha value is -0.750. The van der Waals surface area contributed by atoms with Crippen molar-refractivity contribution >= 4 is 11.8 Å². The predicted octanol–water partition coefficient (Wildman–Crippen LogP) is 0.504. The molecular weight excluding hydrogens is 214 g/mol. The van der Waals surface area contributed by atoms with Crippen LogP contribution in [-0.2, 0) is 7.05 Å². The maximum atomic E-state index is 11.1. The summed E-state index contributed by atoms with van der Waals surface area (Å²) in [6.45, 7) is 0. The standard InChI is InChI=1S/C9H15N3O2S/c1-12-8(14)10-11-9(12)15-7-5-3-2-4-6(7)13/h6-7,13H,2-5H2,1H3,(H,10,14). The van der Waals surface area contributed by atoms with Crippen molar-refractivity contribution in [2.75, 3.05) is 0 Å². The summed E-state index contributed by atoms with van der Waals surface area (Å²) < 4.78 is 1.48. The number of nitrogens with zero attached hydrogens (tertiary/aromatic N) is 2. The van der Waals surface area contributed by atoms with Crippen molar-refractivity contribution in [1.29, 1.82) is 0 Å². The summed E-state index contributed by atoms with van der Waals surface area (Å²) in [6.07, 6.45) is 3.82. The maximum Gasteiger partial charge on any atom is 0.343 e. The Balaban J connectivity index is 2.07. The zero-order chi connectivity index (χ0) is 10.8. The molecule has 0 aromatic carbocycles. The molecule has 1 heterocycles. The third-order valence-corrected chi connectivity index (χ3v) is 4.19. The van der Waals surface area contributed by atoms with E-state index < -0.39 is 0 Å². The molecule has 2 rings (SSSR count). The minimum atomic E-state index is -0.268. The Kier molecular flexibility index (Phi) is 3.16. The van der Waals surface area contributed by atoms with Crippen molar-refractivity contribution in [2.24, 2.45) is 7.05 Å². The lowest BCUT2D eigenvalue weighted by molar-refractivity contribution is 0.137. The maximum absolute atomic E-state index is 11.1. The lowest BCUT2D eigenvalue weighted by Gasteiger charge is -2.26. The number of aromatic nitrogens is 3. The largest absolute Gasteiger partial charge is 0.392 e. The predicted molar refractivity (Wildman–Crippen MR) is 57.9 cm³/mol. The van der Waals surface area contributed by atoms with E-state index in [4.69, 9.17) is 0 Å².